The predicted octanol–water partition coefficient (Wildman–Crippen LogP) is 3.47. The molecule has 0 aliphatic carbocycles. The van der Waals surface area contributed by atoms with Crippen molar-refractivity contribution in [3.8, 4) is 0 Å². The minimum atomic E-state index is -1.42. The minimum absolute atomic E-state index is 0.0343. The lowest BCUT2D eigenvalue weighted by Gasteiger charge is -2.28. The van der Waals surface area contributed by atoms with Gasteiger partial charge in [0.1, 0.15) is 13.5 Å². The summed E-state index contributed by atoms with van der Waals surface area (Å²) >= 11 is 0. The highest BCUT2D eigenvalue weighted by atomic mass is 28.3. The van der Waals surface area contributed by atoms with Gasteiger partial charge in [0, 0.05) is 6.42 Å². The Hall–Kier alpha value is -0.503. The van der Waals surface area contributed by atoms with Crippen LogP contribution in [0.4, 0.5) is 0 Å². The standard InChI is InChI=1S/C12H22O2Si/c1-5-8-12(15(2,3)4)14-11-9-6-7-10-13-11/h5,11H,6-7,9-10H2,1-4H3. The zero-order valence-corrected chi connectivity index (χ0v) is 11.3. The van der Waals surface area contributed by atoms with E-state index in [1.54, 1.807) is 0 Å². The highest BCUT2D eigenvalue weighted by Gasteiger charge is 2.25. The number of hydrogen-bond donors (Lipinski definition) is 0. The van der Waals surface area contributed by atoms with Crippen LogP contribution in [0.3, 0.4) is 0 Å². The maximum absolute atomic E-state index is 5.91. The van der Waals surface area contributed by atoms with E-state index < -0.39 is 8.07 Å². The van der Waals surface area contributed by atoms with E-state index >= 15 is 0 Å². The molecule has 0 aromatic heterocycles. The molecule has 15 heavy (non-hydrogen) atoms. The number of rotatable bonds is 3. The maximum Gasteiger partial charge on any atom is 0.199 e. The summed E-state index contributed by atoms with van der Waals surface area (Å²) in [5, 5.41) is 1.02. The topological polar surface area (TPSA) is 18.5 Å². The summed E-state index contributed by atoms with van der Waals surface area (Å²) in [7, 11) is -1.42. The van der Waals surface area contributed by atoms with Crippen LogP contribution in [0.2, 0.25) is 19.6 Å². The summed E-state index contributed by atoms with van der Waals surface area (Å²) in [4.78, 5) is 0. The molecule has 0 saturated carbocycles. The number of ether oxygens (including phenoxy) is 2. The van der Waals surface area contributed by atoms with Crippen molar-refractivity contribution in [2.24, 2.45) is 0 Å². The third kappa shape index (κ3) is 4.25. The van der Waals surface area contributed by atoms with Gasteiger partial charge in [0.25, 0.3) is 0 Å². The SMILES string of the molecule is CC=C=C(OC1CCCCO1)[Si](C)(C)C. The van der Waals surface area contributed by atoms with Crippen molar-refractivity contribution < 1.29 is 9.47 Å². The van der Waals surface area contributed by atoms with Gasteiger partial charge in [-0.05, 0) is 25.8 Å². The summed E-state index contributed by atoms with van der Waals surface area (Å²) in [5.74, 6) is 0. The molecule has 2 nitrogen and oxygen atoms in total. The Morgan fingerprint density at radius 1 is 1.40 bits per heavy atom. The van der Waals surface area contributed by atoms with Crippen LogP contribution >= 0.6 is 0 Å². The molecule has 0 spiro atoms. The maximum atomic E-state index is 5.91. The molecule has 0 aromatic rings. The van der Waals surface area contributed by atoms with Gasteiger partial charge in [0.15, 0.2) is 6.29 Å². The predicted molar refractivity (Wildman–Crippen MR) is 65.3 cm³/mol. The number of hydrogen-bond acceptors (Lipinski definition) is 2. The summed E-state index contributed by atoms with van der Waals surface area (Å²) in [5.41, 5.74) is 3.22. The Labute approximate surface area is 94.0 Å². The molecule has 3 heteroatoms. The fourth-order valence-electron chi connectivity index (χ4n) is 1.49. The first kappa shape index (κ1) is 12.6. The van der Waals surface area contributed by atoms with Gasteiger partial charge >= 0.3 is 0 Å². The van der Waals surface area contributed by atoms with Crippen LogP contribution in [0.5, 0.6) is 0 Å². The number of allylic oxidation sites excluding steroid dienone is 1. The van der Waals surface area contributed by atoms with E-state index in [4.69, 9.17) is 9.47 Å². The Morgan fingerprint density at radius 3 is 2.60 bits per heavy atom. The molecule has 1 saturated heterocycles. The molecule has 0 aromatic carbocycles. The van der Waals surface area contributed by atoms with Crippen molar-refractivity contribution in [1.82, 2.24) is 0 Å². The summed E-state index contributed by atoms with van der Waals surface area (Å²) in [6.45, 7) is 9.61. The van der Waals surface area contributed by atoms with Crippen molar-refractivity contribution in [2.75, 3.05) is 6.61 Å². The fraction of sp³-hybridized carbons (Fsp3) is 0.750. The Balaban J connectivity index is 2.63. The first-order chi connectivity index (χ1) is 7.04. The van der Waals surface area contributed by atoms with E-state index in [9.17, 15) is 0 Å². The molecule has 0 N–H and O–H groups in total. The zero-order chi connectivity index (χ0) is 11.3. The van der Waals surface area contributed by atoms with E-state index in [0.717, 1.165) is 24.8 Å². The van der Waals surface area contributed by atoms with E-state index in [-0.39, 0.29) is 6.29 Å². The van der Waals surface area contributed by atoms with Crippen LogP contribution in [0.1, 0.15) is 26.2 Å². The second kappa shape index (κ2) is 5.55. The smallest absolute Gasteiger partial charge is 0.199 e. The van der Waals surface area contributed by atoms with Gasteiger partial charge < -0.3 is 9.47 Å². The average Bonchev–Trinajstić information content (AvgIpc) is 2.17. The van der Waals surface area contributed by atoms with Crippen molar-refractivity contribution in [1.29, 1.82) is 0 Å². The zero-order valence-electron chi connectivity index (χ0n) is 10.3. The monoisotopic (exact) mass is 226 g/mol. The lowest BCUT2D eigenvalue weighted by molar-refractivity contribution is -0.133. The van der Waals surface area contributed by atoms with Gasteiger partial charge in [0.2, 0.25) is 0 Å². The van der Waals surface area contributed by atoms with Gasteiger partial charge in [-0.2, -0.15) is 0 Å². The first-order valence-corrected chi connectivity index (χ1v) is 9.24. The summed E-state index contributed by atoms with van der Waals surface area (Å²) < 4.78 is 11.5. The molecule has 0 radical (unpaired) electrons. The molecular formula is C12H22O2Si. The lowest BCUT2D eigenvalue weighted by atomic mass is 10.2. The summed E-state index contributed by atoms with van der Waals surface area (Å²) in [6, 6.07) is 0. The third-order valence-corrected chi connectivity index (χ3v) is 3.97. The van der Waals surface area contributed by atoms with E-state index in [2.05, 4.69) is 25.4 Å². The van der Waals surface area contributed by atoms with Gasteiger partial charge in [-0.15, -0.1) is 0 Å². The molecule has 1 rings (SSSR count). The Bertz CT molecular complexity index is 253. The lowest BCUT2D eigenvalue weighted by Crippen LogP contribution is -2.31. The molecule has 0 bridgehead atoms. The molecule has 1 unspecified atom stereocenters. The highest BCUT2D eigenvalue weighted by Crippen LogP contribution is 2.21. The molecule has 1 fully saturated rings. The van der Waals surface area contributed by atoms with E-state index in [0.29, 0.717) is 0 Å². The highest BCUT2D eigenvalue weighted by molar-refractivity contribution is 6.82. The second-order valence-corrected chi connectivity index (χ2v) is 9.88. The quantitative estimate of drug-likeness (QED) is 0.417. The van der Waals surface area contributed by atoms with Gasteiger partial charge in [0.05, 0.1) is 6.61 Å². The molecule has 1 aliphatic rings. The van der Waals surface area contributed by atoms with Crippen LogP contribution in [0, 0.1) is 0 Å². The Kier molecular flexibility index (Phi) is 4.65. The second-order valence-electron chi connectivity index (χ2n) is 4.93. The van der Waals surface area contributed by atoms with Crippen molar-refractivity contribution >= 4 is 8.07 Å². The molecule has 1 atom stereocenters. The minimum Gasteiger partial charge on any atom is -0.467 e. The van der Waals surface area contributed by atoms with E-state index in [1.807, 2.05) is 13.0 Å². The molecule has 86 valence electrons. The van der Waals surface area contributed by atoms with Gasteiger partial charge in [-0.1, -0.05) is 25.4 Å². The van der Waals surface area contributed by atoms with Gasteiger partial charge in [-0.25, -0.2) is 0 Å². The first-order valence-electron chi connectivity index (χ1n) is 5.74. The fourth-order valence-corrected chi connectivity index (χ4v) is 2.56. The molecular weight excluding hydrogens is 204 g/mol. The summed E-state index contributed by atoms with van der Waals surface area (Å²) in [6.07, 6.45) is 5.28. The van der Waals surface area contributed by atoms with E-state index in [1.165, 1.54) is 6.42 Å². The average molecular weight is 226 g/mol. The third-order valence-electron chi connectivity index (χ3n) is 2.34. The van der Waals surface area contributed by atoms with Gasteiger partial charge in [-0.3, -0.25) is 0 Å². The molecule has 0 amide bonds. The molecule has 1 heterocycles. The van der Waals surface area contributed by atoms with Crippen molar-refractivity contribution in [3.05, 3.63) is 17.2 Å². The Morgan fingerprint density at radius 2 is 2.13 bits per heavy atom. The van der Waals surface area contributed by atoms with Crippen LogP contribution in [0.25, 0.3) is 0 Å². The van der Waals surface area contributed by atoms with Crippen LogP contribution < -0.4 is 0 Å². The van der Waals surface area contributed by atoms with Crippen molar-refractivity contribution in [2.45, 2.75) is 52.1 Å². The van der Waals surface area contributed by atoms with Crippen LogP contribution in [0.15, 0.2) is 17.2 Å². The van der Waals surface area contributed by atoms with Crippen LogP contribution in [-0.4, -0.2) is 21.0 Å². The largest absolute Gasteiger partial charge is 0.467 e. The molecule has 1 aliphatic heterocycles. The normalized spacial score (nSPS) is 21.7. The van der Waals surface area contributed by atoms with Crippen LogP contribution in [-0.2, 0) is 9.47 Å². The van der Waals surface area contributed by atoms with Crippen molar-refractivity contribution in [3.63, 3.8) is 0 Å².